The standard InChI is InChI=1S/C22H22N2S/c1-17(23-15-19-9-5-3-6-10-19)21-13-14-22(25-21)18(2)24-16-20-11-7-4-8-12-20/h3-14H,15-16H2,1-2H3. The smallest absolute Gasteiger partial charge is 0.0643 e. The molecule has 126 valence electrons. The number of hydrogen-bond donors (Lipinski definition) is 0. The van der Waals surface area contributed by atoms with Crippen molar-refractivity contribution in [2.75, 3.05) is 0 Å². The Labute approximate surface area is 153 Å². The number of aliphatic imine (C=N–C) groups is 2. The molecule has 0 aliphatic carbocycles. The minimum Gasteiger partial charge on any atom is -0.284 e. The van der Waals surface area contributed by atoms with Crippen molar-refractivity contribution in [1.29, 1.82) is 0 Å². The Balaban J connectivity index is 1.66. The molecule has 0 saturated heterocycles. The summed E-state index contributed by atoms with van der Waals surface area (Å²) in [5.41, 5.74) is 4.63. The van der Waals surface area contributed by atoms with E-state index < -0.39 is 0 Å². The monoisotopic (exact) mass is 346 g/mol. The maximum absolute atomic E-state index is 4.72. The van der Waals surface area contributed by atoms with Crippen LogP contribution in [-0.2, 0) is 13.1 Å². The van der Waals surface area contributed by atoms with E-state index in [9.17, 15) is 0 Å². The number of nitrogens with zero attached hydrogens (tertiary/aromatic N) is 2. The van der Waals surface area contributed by atoms with E-state index >= 15 is 0 Å². The molecule has 0 N–H and O–H groups in total. The summed E-state index contributed by atoms with van der Waals surface area (Å²) in [6, 6.07) is 25.0. The lowest BCUT2D eigenvalue weighted by Crippen LogP contribution is -1.93. The van der Waals surface area contributed by atoms with Crippen molar-refractivity contribution in [3.8, 4) is 0 Å². The molecule has 0 aliphatic rings. The van der Waals surface area contributed by atoms with E-state index in [1.54, 1.807) is 11.3 Å². The Morgan fingerprint density at radius 3 is 1.44 bits per heavy atom. The fourth-order valence-electron chi connectivity index (χ4n) is 2.47. The van der Waals surface area contributed by atoms with Gasteiger partial charge < -0.3 is 0 Å². The van der Waals surface area contributed by atoms with Gasteiger partial charge in [0.05, 0.1) is 13.1 Å². The zero-order chi connectivity index (χ0) is 17.5. The van der Waals surface area contributed by atoms with E-state index in [2.05, 4.69) is 74.5 Å². The summed E-state index contributed by atoms with van der Waals surface area (Å²) in [5.74, 6) is 0. The molecule has 0 atom stereocenters. The predicted octanol–water partition coefficient (Wildman–Crippen LogP) is 5.77. The first-order chi connectivity index (χ1) is 12.2. The molecule has 0 saturated carbocycles. The molecule has 0 fully saturated rings. The summed E-state index contributed by atoms with van der Waals surface area (Å²) in [6.07, 6.45) is 0. The molecule has 25 heavy (non-hydrogen) atoms. The second-order valence-corrected chi connectivity index (χ2v) is 7.02. The van der Waals surface area contributed by atoms with Crippen LogP contribution in [0, 0.1) is 0 Å². The first kappa shape index (κ1) is 17.3. The highest BCUT2D eigenvalue weighted by Gasteiger charge is 2.05. The van der Waals surface area contributed by atoms with Crippen molar-refractivity contribution in [2.45, 2.75) is 26.9 Å². The molecule has 0 amide bonds. The van der Waals surface area contributed by atoms with Gasteiger partial charge in [0, 0.05) is 21.2 Å². The summed E-state index contributed by atoms with van der Waals surface area (Å²) in [6.45, 7) is 5.60. The topological polar surface area (TPSA) is 24.7 Å². The minimum absolute atomic E-state index is 0.723. The molecule has 0 radical (unpaired) electrons. The van der Waals surface area contributed by atoms with E-state index in [1.165, 1.54) is 20.9 Å². The van der Waals surface area contributed by atoms with E-state index in [0.29, 0.717) is 0 Å². The van der Waals surface area contributed by atoms with Crippen LogP contribution in [0.2, 0.25) is 0 Å². The van der Waals surface area contributed by atoms with Crippen LogP contribution in [0.3, 0.4) is 0 Å². The summed E-state index contributed by atoms with van der Waals surface area (Å²) >= 11 is 1.76. The van der Waals surface area contributed by atoms with Crippen LogP contribution in [0.25, 0.3) is 0 Å². The fraction of sp³-hybridized carbons (Fsp3) is 0.182. The SMILES string of the molecule is CC(=NCc1ccccc1)c1ccc(C(C)=NCc2ccccc2)s1. The third-order valence-corrected chi connectivity index (χ3v) is 5.31. The molecular weight excluding hydrogens is 324 g/mol. The van der Waals surface area contributed by atoms with Crippen molar-refractivity contribution in [1.82, 2.24) is 0 Å². The van der Waals surface area contributed by atoms with Gasteiger partial charge in [-0.1, -0.05) is 60.7 Å². The Hall–Kier alpha value is -2.52. The van der Waals surface area contributed by atoms with Crippen LogP contribution >= 0.6 is 11.3 Å². The van der Waals surface area contributed by atoms with Crippen molar-refractivity contribution < 1.29 is 0 Å². The van der Waals surface area contributed by atoms with Crippen molar-refractivity contribution in [3.05, 3.63) is 93.7 Å². The Morgan fingerprint density at radius 1 is 0.640 bits per heavy atom. The van der Waals surface area contributed by atoms with Gasteiger partial charge >= 0.3 is 0 Å². The zero-order valence-electron chi connectivity index (χ0n) is 14.6. The molecule has 3 aromatic rings. The Bertz CT molecular complexity index is 789. The second-order valence-electron chi connectivity index (χ2n) is 5.94. The van der Waals surface area contributed by atoms with E-state index in [4.69, 9.17) is 9.98 Å². The second kappa shape index (κ2) is 8.54. The van der Waals surface area contributed by atoms with Gasteiger partial charge in [-0.25, -0.2) is 0 Å². The van der Waals surface area contributed by atoms with Crippen molar-refractivity contribution in [3.63, 3.8) is 0 Å². The van der Waals surface area contributed by atoms with Crippen LogP contribution in [0.15, 0.2) is 82.8 Å². The maximum Gasteiger partial charge on any atom is 0.0643 e. The average Bonchev–Trinajstić information content (AvgIpc) is 3.16. The third-order valence-electron chi connectivity index (χ3n) is 4.00. The lowest BCUT2D eigenvalue weighted by Gasteiger charge is -2.00. The van der Waals surface area contributed by atoms with Crippen molar-refractivity contribution in [2.24, 2.45) is 9.98 Å². The average molecular weight is 346 g/mol. The van der Waals surface area contributed by atoms with E-state index in [-0.39, 0.29) is 0 Å². The number of hydrogen-bond acceptors (Lipinski definition) is 3. The van der Waals surface area contributed by atoms with Crippen LogP contribution in [-0.4, -0.2) is 11.4 Å². The van der Waals surface area contributed by atoms with Crippen molar-refractivity contribution >= 4 is 22.8 Å². The number of benzene rings is 2. The number of thiophene rings is 1. The summed E-state index contributed by atoms with van der Waals surface area (Å²) < 4.78 is 0. The molecular formula is C22H22N2S. The van der Waals surface area contributed by atoms with Gasteiger partial charge in [-0.15, -0.1) is 11.3 Å². The van der Waals surface area contributed by atoms with Gasteiger partial charge in [0.2, 0.25) is 0 Å². The molecule has 2 nitrogen and oxygen atoms in total. The van der Waals surface area contributed by atoms with Gasteiger partial charge in [-0.05, 0) is 37.1 Å². The van der Waals surface area contributed by atoms with Crippen LogP contribution in [0.1, 0.15) is 34.7 Å². The lowest BCUT2D eigenvalue weighted by molar-refractivity contribution is 1.07. The largest absolute Gasteiger partial charge is 0.284 e. The molecule has 0 unspecified atom stereocenters. The molecule has 2 aromatic carbocycles. The third kappa shape index (κ3) is 4.97. The van der Waals surface area contributed by atoms with Crippen LogP contribution in [0.4, 0.5) is 0 Å². The number of rotatable bonds is 6. The molecule has 0 spiro atoms. The lowest BCUT2D eigenvalue weighted by atomic mass is 10.2. The minimum atomic E-state index is 0.723. The summed E-state index contributed by atoms with van der Waals surface area (Å²) in [4.78, 5) is 11.9. The maximum atomic E-state index is 4.72. The Morgan fingerprint density at radius 2 is 1.04 bits per heavy atom. The molecule has 1 aromatic heterocycles. The van der Waals surface area contributed by atoms with Crippen LogP contribution < -0.4 is 0 Å². The first-order valence-corrected chi connectivity index (χ1v) is 9.24. The highest BCUT2D eigenvalue weighted by atomic mass is 32.1. The van der Waals surface area contributed by atoms with Gasteiger partial charge in [0.25, 0.3) is 0 Å². The van der Waals surface area contributed by atoms with Gasteiger partial charge in [-0.2, -0.15) is 0 Å². The van der Waals surface area contributed by atoms with Gasteiger partial charge in [0.1, 0.15) is 0 Å². The highest BCUT2D eigenvalue weighted by Crippen LogP contribution is 2.19. The van der Waals surface area contributed by atoms with E-state index in [1.807, 2.05) is 12.1 Å². The Kier molecular flexibility index (Phi) is 5.91. The normalized spacial score (nSPS) is 12.4. The highest BCUT2D eigenvalue weighted by molar-refractivity contribution is 7.16. The van der Waals surface area contributed by atoms with Crippen LogP contribution in [0.5, 0.6) is 0 Å². The summed E-state index contributed by atoms with van der Waals surface area (Å²) in [7, 11) is 0. The zero-order valence-corrected chi connectivity index (χ0v) is 15.5. The predicted molar refractivity (Wildman–Crippen MR) is 109 cm³/mol. The molecule has 3 rings (SSSR count). The molecule has 3 heteroatoms. The van der Waals surface area contributed by atoms with Gasteiger partial charge in [0.15, 0.2) is 0 Å². The van der Waals surface area contributed by atoms with Gasteiger partial charge in [-0.3, -0.25) is 9.98 Å². The fourth-order valence-corrected chi connectivity index (χ4v) is 3.40. The molecule has 0 bridgehead atoms. The quantitative estimate of drug-likeness (QED) is 0.506. The first-order valence-electron chi connectivity index (χ1n) is 8.43. The van der Waals surface area contributed by atoms with E-state index in [0.717, 1.165) is 24.5 Å². The summed E-state index contributed by atoms with van der Waals surface area (Å²) in [5, 5.41) is 0. The molecule has 1 heterocycles. The molecule has 0 aliphatic heterocycles.